The molecular formula is C24H25F4N3O4S. The maximum Gasteiger partial charge on any atom is 0.352 e. The van der Waals surface area contributed by atoms with Crippen molar-refractivity contribution in [2.75, 3.05) is 11.6 Å². The van der Waals surface area contributed by atoms with E-state index in [0.717, 1.165) is 23.3 Å². The maximum absolute atomic E-state index is 15.4. The molecule has 4 rings (SSSR count). The van der Waals surface area contributed by atoms with Crippen molar-refractivity contribution in [1.82, 2.24) is 9.62 Å². The molecule has 2 saturated heterocycles. The van der Waals surface area contributed by atoms with E-state index < -0.39 is 63.1 Å². The zero-order chi connectivity index (χ0) is 26.4. The molecule has 3 atom stereocenters. The second-order valence-electron chi connectivity index (χ2n) is 9.34. The van der Waals surface area contributed by atoms with Crippen LogP contribution in [0, 0.1) is 18.6 Å². The monoisotopic (exact) mass is 527 g/mol. The van der Waals surface area contributed by atoms with Gasteiger partial charge < -0.3 is 10.2 Å². The lowest BCUT2D eigenvalue weighted by Crippen LogP contribution is -2.55. The van der Waals surface area contributed by atoms with Gasteiger partial charge in [0.1, 0.15) is 11.6 Å². The average Bonchev–Trinajstić information content (AvgIpc) is 3.04. The highest BCUT2D eigenvalue weighted by Crippen LogP contribution is 2.41. The van der Waals surface area contributed by atoms with Crippen LogP contribution < -0.4 is 10.0 Å². The number of amides is 2. The van der Waals surface area contributed by atoms with E-state index in [0.29, 0.717) is 25.0 Å². The normalized spacial score (nSPS) is 21.9. The Labute approximate surface area is 205 Å². The number of carbonyl (C=O) groups is 2. The first kappa shape index (κ1) is 26.1. The van der Waals surface area contributed by atoms with E-state index in [1.54, 1.807) is 0 Å². The van der Waals surface area contributed by atoms with E-state index in [1.807, 2.05) is 0 Å². The number of halogens is 4. The summed E-state index contributed by atoms with van der Waals surface area (Å²) in [7, 11) is -3.51. The summed E-state index contributed by atoms with van der Waals surface area (Å²) in [5, 5.41) is 2.44. The van der Waals surface area contributed by atoms with Gasteiger partial charge >= 0.3 is 5.92 Å². The zero-order valence-corrected chi connectivity index (χ0v) is 20.3. The smallest absolute Gasteiger partial charge is 0.331 e. The van der Waals surface area contributed by atoms with Gasteiger partial charge in [-0.3, -0.25) is 9.59 Å². The molecule has 12 heteroatoms. The number of rotatable bonds is 6. The van der Waals surface area contributed by atoms with E-state index in [2.05, 4.69) is 10.0 Å². The van der Waals surface area contributed by atoms with E-state index in [4.69, 9.17) is 0 Å². The van der Waals surface area contributed by atoms with Gasteiger partial charge in [-0.15, -0.1) is 0 Å². The van der Waals surface area contributed by atoms with Crippen LogP contribution in [0.1, 0.15) is 47.2 Å². The van der Waals surface area contributed by atoms with Crippen LogP contribution in [0.4, 0.5) is 23.2 Å². The highest BCUT2D eigenvalue weighted by molar-refractivity contribution is 7.88. The van der Waals surface area contributed by atoms with Crippen LogP contribution in [0.3, 0.4) is 0 Å². The van der Waals surface area contributed by atoms with Crippen LogP contribution in [0.25, 0.3) is 0 Å². The van der Waals surface area contributed by atoms with E-state index in [-0.39, 0.29) is 29.7 Å². The van der Waals surface area contributed by atoms with Gasteiger partial charge in [0.2, 0.25) is 10.0 Å². The molecular weight excluding hydrogens is 502 g/mol. The Balaban J connectivity index is 1.55. The second kappa shape index (κ2) is 9.47. The number of nitrogens with one attached hydrogen (secondary N) is 2. The van der Waals surface area contributed by atoms with Gasteiger partial charge in [0.05, 0.1) is 11.8 Å². The average molecular weight is 528 g/mol. The van der Waals surface area contributed by atoms with Gasteiger partial charge in [-0.05, 0) is 74.6 Å². The first-order valence-corrected chi connectivity index (χ1v) is 13.2. The number of nitrogens with zero attached hydrogens (tertiary/aromatic N) is 1. The highest BCUT2D eigenvalue weighted by atomic mass is 32.2. The number of aryl methyl sites for hydroxylation is 1. The molecule has 2 fully saturated rings. The molecule has 0 aromatic heterocycles. The number of benzene rings is 2. The summed E-state index contributed by atoms with van der Waals surface area (Å²) in [6, 6.07) is 4.42. The maximum atomic E-state index is 15.4. The Hall–Kier alpha value is -2.99. The zero-order valence-electron chi connectivity index (χ0n) is 19.5. The molecule has 2 aliphatic rings. The molecule has 2 aliphatic heterocycles. The molecule has 0 radical (unpaired) electrons. The Morgan fingerprint density at radius 2 is 1.61 bits per heavy atom. The van der Waals surface area contributed by atoms with Crippen molar-refractivity contribution in [2.45, 2.75) is 56.7 Å². The summed E-state index contributed by atoms with van der Waals surface area (Å²) >= 11 is 0. The first-order chi connectivity index (χ1) is 16.8. The van der Waals surface area contributed by atoms with Crippen LogP contribution in [-0.4, -0.2) is 49.5 Å². The van der Waals surface area contributed by atoms with Crippen molar-refractivity contribution in [3.8, 4) is 0 Å². The van der Waals surface area contributed by atoms with Crippen LogP contribution in [0.2, 0.25) is 0 Å². The van der Waals surface area contributed by atoms with Gasteiger partial charge in [-0.2, -0.15) is 8.78 Å². The fourth-order valence-corrected chi connectivity index (χ4v) is 5.82. The lowest BCUT2D eigenvalue weighted by atomic mass is 9.95. The number of fused-ring (bicyclic) bond motifs is 2. The minimum absolute atomic E-state index is 0.174. The second-order valence-corrected chi connectivity index (χ2v) is 11.1. The molecule has 0 unspecified atom stereocenters. The van der Waals surface area contributed by atoms with E-state index >= 15 is 8.78 Å². The molecule has 2 bridgehead atoms. The largest absolute Gasteiger partial charge is 0.352 e. The van der Waals surface area contributed by atoms with E-state index in [1.165, 1.54) is 19.1 Å². The molecule has 2 aromatic carbocycles. The summed E-state index contributed by atoms with van der Waals surface area (Å²) in [5.74, 6) is -8.51. The highest BCUT2D eigenvalue weighted by Gasteiger charge is 2.53. The summed E-state index contributed by atoms with van der Waals surface area (Å²) in [6.45, 7) is 1.49. The fourth-order valence-electron chi connectivity index (χ4n) is 5.02. The molecule has 2 N–H and O–H groups in total. The van der Waals surface area contributed by atoms with Crippen molar-refractivity contribution < 1.29 is 35.6 Å². The molecule has 0 spiro atoms. The number of sulfonamides is 1. The van der Waals surface area contributed by atoms with Crippen molar-refractivity contribution in [3.05, 3.63) is 64.7 Å². The van der Waals surface area contributed by atoms with Crippen molar-refractivity contribution in [1.29, 1.82) is 0 Å². The predicted molar refractivity (Wildman–Crippen MR) is 124 cm³/mol. The molecule has 2 heterocycles. The van der Waals surface area contributed by atoms with Crippen LogP contribution in [0.15, 0.2) is 36.4 Å². The Morgan fingerprint density at radius 3 is 2.19 bits per heavy atom. The summed E-state index contributed by atoms with van der Waals surface area (Å²) in [6.07, 6.45) is 2.21. The molecule has 0 aliphatic carbocycles. The Kier molecular flexibility index (Phi) is 6.86. The van der Waals surface area contributed by atoms with Crippen LogP contribution in [0.5, 0.6) is 0 Å². The van der Waals surface area contributed by atoms with Gasteiger partial charge in [0.25, 0.3) is 11.8 Å². The number of anilines is 1. The predicted octanol–water partition coefficient (Wildman–Crippen LogP) is 3.69. The van der Waals surface area contributed by atoms with Gasteiger partial charge in [0.15, 0.2) is 0 Å². The SMILES string of the molecule is Cc1cc(NC(=O)c2ccc(F)c(C(F)(F)C(=O)N3[C@@H]4CC[C@H]3C[C@@H](NS(C)(=O)=O)C4)c2)ccc1F. The van der Waals surface area contributed by atoms with Crippen molar-refractivity contribution >= 4 is 27.5 Å². The number of hydrogen-bond acceptors (Lipinski definition) is 4. The molecule has 7 nitrogen and oxygen atoms in total. The Bertz CT molecular complexity index is 1300. The molecule has 2 amide bonds. The number of piperidine rings is 1. The fraction of sp³-hybridized carbons (Fsp3) is 0.417. The quantitative estimate of drug-likeness (QED) is 0.561. The lowest BCUT2D eigenvalue weighted by molar-refractivity contribution is -0.164. The Morgan fingerprint density at radius 1 is 1.00 bits per heavy atom. The topological polar surface area (TPSA) is 95.6 Å². The van der Waals surface area contributed by atoms with Crippen LogP contribution >= 0.6 is 0 Å². The standard InChI is InChI=1S/C24H25F4N3O4S/c1-13-9-15(4-8-20(13)25)29-22(32)14-3-7-21(26)19(10-14)24(27,28)23(33)31-17-5-6-18(31)12-16(11-17)30-36(2,34)35/h3-4,7-10,16-18,30H,5-6,11-12H2,1-2H3,(H,29,32)/t16-,17+,18-. The third-order valence-electron chi connectivity index (χ3n) is 6.60. The molecule has 2 aromatic rings. The van der Waals surface area contributed by atoms with Gasteiger partial charge in [-0.1, -0.05) is 0 Å². The van der Waals surface area contributed by atoms with Gasteiger partial charge in [-0.25, -0.2) is 21.9 Å². The third-order valence-corrected chi connectivity index (χ3v) is 7.36. The van der Waals surface area contributed by atoms with E-state index in [9.17, 15) is 26.8 Å². The molecule has 0 saturated carbocycles. The van der Waals surface area contributed by atoms with Crippen LogP contribution in [-0.2, 0) is 20.7 Å². The minimum atomic E-state index is -4.26. The summed E-state index contributed by atoms with van der Waals surface area (Å²) in [5.41, 5.74) is -1.06. The third kappa shape index (κ3) is 5.24. The lowest BCUT2D eigenvalue weighted by Gasteiger charge is -2.40. The summed E-state index contributed by atoms with van der Waals surface area (Å²) in [4.78, 5) is 26.7. The van der Waals surface area contributed by atoms with Crippen molar-refractivity contribution in [3.63, 3.8) is 0 Å². The van der Waals surface area contributed by atoms with Gasteiger partial charge in [0, 0.05) is 29.4 Å². The number of alkyl halides is 2. The number of carbonyl (C=O) groups excluding carboxylic acids is 2. The van der Waals surface area contributed by atoms with Crippen molar-refractivity contribution in [2.24, 2.45) is 0 Å². The number of hydrogen-bond donors (Lipinski definition) is 2. The minimum Gasteiger partial charge on any atom is -0.331 e. The first-order valence-electron chi connectivity index (χ1n) is 11.3. The summed E-state index contributed by atoms with van der Waals surface area (Å²) < 4.78 is 84.4. The molecule has 194 valence electrons. The molecule has 36 heavy (non-hydrogen) atoms.